The van der Waals surface area contributed by atoms with E-state index < -0.39 is 28.1 Å². The average Bonchev–Trinajstić information content (AvgIpc) is 3.38. The molecular formula is C30H32ClN3O6S. The lowest BCUT2D eigenvalue weighted by molar-refractivity contribution is -0.131. The van der Waals surface area contributed by atoms with E-state index in [4.69, 9.17) is 21.1 Å². The third-order valence-corrected chi connectivity index (χ3v) is 10.5. The van der Waals surface area contributed by atoms with Gasteiger partial charge in [0.1, 0.15) is 12.2 Å². The fourth-order valence-electron chi connectivity index (χ4n) is 5.51. The van der Waals surface area contributed by atoms with E-state index in [2.05, 4.69) is 15.3 Å². The van der Waals surface area contributed by atoms with Gasteiger partial charge in [-0.2, -0.15) is 4.98 Å². The molecule has 9 nitrogen and oxygen atoms in total. The first-order valence-electron chi connectivity index (χ1n) is 13.7. The quantitative estimate of drug-likeness (QED) is 0.251. The van der Waals surface area contributed by atoms with Crippen molar-refractivity contribution in [1.82, 2.24) is 15.3 Å². The van der Waals surface area contributed by atoms with Crippen LogP contribution in [0.25, 0.3) is 33.3 Å². The number of H-pyrrole nitrogens is 1. The van der Waals surface area contributed by atoms with E-state index in [0.29, 0.717) is 40.7 Å². The standard InChI is InChI=1S/C30H32ClN3O6S/c31-25-15-27-26(33-30(34-27)40-21-13-28(36)29(16-35)39-17-21)14-24(25)20-3-1-18(2-4-20)19-5-7-22(8-6-19)41(37,38)23-9-11-32-12-10-23/h1-8,14-15,21,23,28-29,32,35-36H,9-13,16-17H2,(H,33,34)/t21-,28+,29-/m1/s1. The smallest absolute Gasteiger partial charge is 0.294 e. The summed E-state index contributed by atoms with van der Waals surface area (Å²) in [5.74, 6) is 0. The number of nitrogens with zero attached hydrogens (tertiary/aromatic N) is 1. The Morgan fingerprint density at radius 1 is 1.00 bits per heavy atom. The van der Waals surface area contributed by atoms with Gasteiger partial charge in [-0.3, -0.25) is 0 Å². The number of aromatic nitrogens is 2. The molecule has 2 fully saturated rings. The lowest BCUT2D eigenvalue weighted by atomic mass is 10.00. The minimum Gasteiger partial charge on any atom is -0.459 e. The van der Waals surface area contributed by atoms with Crippen LogP contribution in [-0.4, -0.2) is 78.5 Å². The maximum absolute atomic E-state index is 13.0. The minimum atomic E-state index is -3.34. The van der Waals surface area contributed by atoms with Crippen LogP contribution in [0.5, 0.6) is 6.01 Å². The normalized spacial score (nSPS) is 22.2. The van der Waals surface area contributed by atoms with Crippen molar-refractivity contribution in [1.29, 1.82) is 0 Å². The van der Waals surface area contributed by atoms with Crippen LogP contribution in [0.1, 0.15) is 19.3 Å². The topological polar surface area (TPSA) is 134 Å². The van der Waals surface area contributed by atoms with Crippen LogP contribution in [0.4, 0.5) is 0 Å². The molecule has 0 aliphatic carbocycles. The molecule has 0 bridgehead atoms. The van der Waals surface area contributed by atoms with Gasteiger partial charge in [-0.25, -0.2) is 8.42 Å². The molecule has 3 aromatic carbocycles. The highest BCUT2D eigenvalue weighted by atomic mass is 35.5. The number of ether oxygens (including phenoxy) is 2. The van der Waals surface area contributed by atoms with Crippen molar-refractivity contribution >= 4 is 32.5 Å². The number of aromatic amines is 1. The molecule has 6 rings (SSSR count). The van der Waals surface area contributed by atoms with Gasteiger partial charge >= 0.3 is 0 Å². The van der Waals surface area contributed by atoms with E-state index in [0.717, 1.165) is 40.9 Å². The molecular weight excluding hydrogens is 566 g/mol. The van der Waals surface area contributed by atoms with Gasteiger partial charge in [0.25, 0.3) is 6.01 Å². The number of rotatable bonds is 7. The third kappa shape index (κ3) is 5.86. The van der Waals surface area contributed by atoms with Gasteiger partial charge in [-0.1, -0.05) is 48.0 Å². The van der Waals surface area contributed by atoms with Gasteiger partial charge in [-0.15, -0.1) is 0 Å². The summed E-state index contributed by atoms with van der Waals surface area (Å²) >= 11 is 6.64. The van der Waals surface area contributed by atoms with Crippen molar-refractivity contribution in [2.75, 3.05) is 26.3 Å². The maximum Gasteiger partial charge on any atom is 0.294 e. The highest BCUT2D eigenvalue weighted by Crippen LogP contribution is 2.34. The Bertz CT molecular complexity index is 1620. The monoisotopic (exact) mass is 597 g/mol. The Morgan fingerprint density at radius 3 is 2.32 bits per heavy atom. The van der Waals surface area contributed by atoms with Crippen LogP contribution in [0.2, 0.25) is 5.02 Å². The molecule has 0 unspecified atom stereocenters. The second-order valence-corrected chi connectivity index (χ2v) is 13.2. The van der Waals surface area contributed by atoms with E-state index in [1.165, 1.54) is 0 Å². The van der Waals surface area contributed by atoms with Gasteiger partial charge in [0, 0.05) is 12.0 Å². The summed E-state index contributed by atoms with van der Waals surface area (Å²) in [7, 11) is -3.34. The Balaban J connectivity index is 1.17. The van der Waals surface area contributed by atoms with Crippen molar-refractivity contribution < 1.29 is 28.1 Å². The van der Waals surface area contributed by atoms with Crippen LogP contribution in [0.15, 0.2) is 65.6 Å². The van der Waals surface area contributed by atoms with Gasteiger partial charge < -0.3 is 30.0 Å². The zero-order valence-electron chi connectivity index (χ0n) is 22.3. The molecule has 2 saturated heterocycles. The number of piperidine rings is 1. The third-order valence-electron chi connectivity index (χ3n) is 7.87. The fourth-order valence-corrected chi connectivity index (χ4v) is 7.54. The van der Waals surface area contributed by atoms with Crippen molar-refractivity contribution in [3.63, 3.8) is 0 Å². The van der Waals surface area contributed by atoms with E-state index >= 15 is 0 Å². The number of aliphatic hydroxyl groups is 2. The number of sulfone groups is 1. The molecule has 11 heteroatoms. The van der Waals surface area contributed by atoms with Gasteiger partial charge in [0.15, 0.2) is 9.84 Å². The molecule has 0 saturated carbocycles. The van der Waals surface area contributed by atoms with E-state index in [1.807, 2.05) is 42.5 Å². The van der Waals surface area contributed by atoms with Crippen LogP contribution >= 0.6 is 11.6 Å². The highest BCUT2D eigenvalue weighted by molar-refractivity contribution is 7.92. The summed E-state index contributed by atoms with van der Waals surface area (Å²) in [6.07, 6.45) is -0.196. The number of benzene rings is 3. The van der Waals surface area contributed by atoms with Crippen LogP contribution in [0, 0.1) is 0 Å². The van der Waals surface area contributed by atoms with Gasteiger partial charge in [0.2, 0.25) is 0 Å². The summed E-state index contributed by atoms with van der Waals surface area (Å²) in [5, 5.41) is 22.8. The first kappa shape index (κ1) is 28.1. The molecule has 4 aromatic rings. The predicted molar refractivity (Wildman–Crippen MR) is 157 cm³/mol. The van der Waals surface area contributed by atoms with Crippen molar-refractivity contribution in [2.45, 2.75) is 47.7 Å². The summed E-state index contributed by atoms with van der Waals surface area (Å²) in [4.78, 5) is 8.04. The maximum atomic E-state index is 13.0. The van der Waals surface area contributed by atoms with Crippen LogP contribution in [-0.2, 0) is 14.6 Å². The summed E-state index contributed by atoms with van der Waals surface area (Å²) < 4.78 is 37.4. The number of hydrogen-bond acceptors (Lipinski definition) is 8. The zero-order valence-corrected chi connectivity index (χ0v) is 23.9. The lowest BCUT2D eigenvalue weighted by Crippen LogP contribution is -2.45. The number of hydrogen-bond donors (Lipinski definition) is 4. The lowest BCUT2D eigenvalue weighted by Gasteiger charge is -2.31. The molecule has 4 N–H and O–H groups in total. The first-order chi connectivity index (χ1) is 19.8. The molecule has 3 heterocycles. The molecule has 3 atom stereocenters. The summed E-state index contributed by atoms with van der Waals surface area (Å²) in [6, 6.07) is 19.0. The van der Waals surface area contributed by atoms with E-state index in [1.54, 1.807) is 18.2 Å². The molecule has 2 aliphatic heterocycles. The number of halogens is 1. The summed E-state index contributed by atoms with van der Waals surface area (Å²) in [6.45, 7) is 1.46. The van der Waals surface area contributed by atoms with Crippen molar-refractivity contribution in [3.8, 4) is 28.3 Å². The zero-order chi connectivity index (χ0) is 28.6. The van der Waals surface area contributed by atoms with Crippen molar-refractivity contribution in [3.05, 3.63) is 65.7 Å². The van der Waals surface area contributed by atoms with Crippen molar-refractivity contribution in [2.24, 2.45) is 0 Å². The van der Waals surface area contributed by atoms with Crippen LogP contribution < -0.4 is 10.1 Å². The van der Waals surface area contributed by atoms with Crippen LogP contribution in [0.3, 0.4) is 0 Å². The second kappa shape index (κ2) is 11.7. The Morgan fingerprint density at radius 2 is 1.66 bits per heavy atom. The SMILES string of the molecule is O=S(=O)(c1ccc(-c2ccc(-c3cc4nc(O[C@H]5CO[C@H](CO)[C@@H](O)C5)[nH]c4cc3Cl)cc2)cc1)C1CCNCC1. The average molecular weight is 598 g/mol. The Hall–Kier alpha value is -2.99. The molecule has 0 amide bonds. The molecule has 0 spiro atoms. The second-order valence-electron chi connectivity index (χ2n) is 10.6. The molecule has 2 aliphatic rings. The molecule has 1 aromatic heterocycles. The summed E-state index contributed by atoms with van der Waals surface area (Å²) in [5.41, 5.74) is 5.02. The number of aliphatic hydroxyl groups excluding tert-OH is 2. The fraction of sp³-hybridized carbons (Fsp3) is 0.367. The Labute approximate surface area is 243 Å². The highest BCUT2D eigenvalue weighted by Gasteiger charge is 2.31. The number of fused-ring (bicyclic) bond motifs is 1. The van der Waals surface area contributed by atoms with E-state index in [9.17, 15) is 18.6 Å². The minimum absolute atomic E-state index is 0.240. The first-order valence-corrected chi connectivity index (χ1v) is 15.7. The Kier molecular flexibility index (Phi) is 8.04. The molecule has 216 valence electrons. The number of imidazole rings is 1. The molecule has 0 radical (unpaired) electrons. The van der Waals surface area contributed by atoms with E-state index in [-0.39, 0.29) is 18.5 Å². The van der Waals surface area contributed by atoms with Gasteiger partial charge in [0.05, 0.1) is 45.5 Å². The largest absolute Gasteiger partial charge is 0.459 e. The molecule has 41 heavy (non-hydrogen) atoms. The number of nitrogens with one attached hydrogen (secondary N) is 2. The predicted octanol–water partition coefficient (Wildman–Crippen LogP) is 3.97. The van der Waals surface area contributed by atoms with Gasteiger partial charge in [-0.05, 0) is 66.9 Å².